The highest BCUT2D eigenvalue weighted by molar-refractivity contribution is 9.10. The standard InChI is InChI=1S/C11H16BrN3/c1-11(2)4-7(11)5-14-10-9(13)3-8(12)6-15-10/h3,6-7H,4-5,13H2,1-2H3,(H,14,15). The number of nitrogens with zero attached hydrogens (tertiary/aromatic N) is 1. The zero-order chi connectivity index (χ0) is 11.1. The van der Waals surface area contributed by atoms with E-state index in [1.807, 2.05) is 6.07 Å². The number of halogens is 1. The number of hydrogen-bond acceptors (Lipinski definition) is 3. The van der Waals surface area contributed by atoms with Crippen LogP contribution in [0.5, 0.6) is 0 Å². The largest absolute Gasteiger partial charge is 0.396 e. The van der Waals surface area contributed by atoms with E-state index >= 15 is 0 Å². The second kappa shape index (κ2) is 3.67. The first-order valence-electron chi connectivity index (χ1n) is 5.14. The molecule has 3 nitrogen and oxygen atoms in total. The van der Waals surface area contributed by atoms with E-state index < -0.39 is 0 Å². The van der Waals surface area contributed by atoms with Crippen LogP contribution in [0.15, 0.2) is 16.7 Å². The summed E-state index contributed by atoms with van der Waals surface area (Å²) < 4.78 is 0.914. The van der Waals surface area contributed by atoms with Crippen molar-refractivity contribution in [2.24, 2.45) is 11.3 Å². The highest BCUT2D eigenvalue weighted by Gasteiger charge is 2.45. The maximum atomic E-state index is 5.84. The summed E-state index contributed by atoms with van der Waals surface area (Å²) in [6.45, 7) is 5.54. The van der Waals surface area contributed by atoms with Gasteiger partial charge in [0.25, 0.3) is 0 Å². The molecule has 0 aliphatic heterocycles. The molecule has 3 N–H and O–H groups in total. The molecule has 0 bridgehead atoms. The summed E-state index contributed by atoms with van der Waals surface area (Å²) in [5, 5.41) is 3.30. The van der Waals surface area contributed by atoms with Gasteiger partial charge in [-0.15, -0.1) is 0 Å². The Labute approximate surface area is 98.6 Å². The lowest BCUT2D eigenvalue weighted by molar-refractivity contribution is 0.573. The van der Waals surface area contributed by atoms with Crippen molar-refractivity contribution in [2.75, 3.05) is 17.6 Å². The number of nitrogens with two attached hydrogens (primary N) is 1. The highest BCUT2D eigenvalue weighted by atomic mass is 79.9. The van der Waals surface area contributed by atoms with Crippen LogP contribution in [0, 0.1) is 11.3 Å². The molecule has 1 atom stereocenters. The van der Waals surface area contributed by atoms with Crippen molar-refractivity contribution < 1.29 is 0 Å². The quantitative estimate of drug-likeness (QED) is 0.887. The van der Waals surface area contributed by atoms with Crippen LogP contribution in [-0.2, 0) is 0 Å². The van der Waals surface area contributed by atoms with Crippen LogP contribution in [0.1, 0.15) is 20.3 Å². The minimum absolute atomic E-state index is 0.497. The molecule has 15 heavy (non-hydrogen) atoms. The SMILES string of the molecule is CC1(C)CC1CNc1ncc(Br)cc1N. The fraction of sp³-hybridized carbons (Fsp3) is 0.545. The Morgan fingerprint density at radius 2 is 2.33 bits per heavy atom. The molecular formula is C11H16BrN3. The van der Waals surface area contributed by atoms with Gasteiger partial charge in [-0.25, -0.2) is 4.98 Å². The third kappa shape index (κ3) is 2.43. The summed E-state index contributed by atoms with van der Waals surface area (Å²) in [6, 6.07) is 1.87. The van der Waals surface area contributed by atoms with Crippen molar-refractivity contribution in [1.29, 1.82) is 0 Å². The molecule has 0 saturated heterocycles. The third-order valence-electron chi connectivity index (χ3n) is 3.12. The zero-order valence-electron chi connectivity index (χ0n) is 9.05. The first kappa shape index (κ1) is 10.7. The van der Waals surface area contributed by atoms with Gasteiger partial charge in [-0.1, -0.05) is 13.8 Å². The molecule has 1 heterocycles. The second-order valence-corrected chi connectivity index (χ2v) is 5.78. The Hall–Kier alpha value is -0.770. The topological polar surface area (TPSA) is 50.9 Å². The number of hydrogen-bond donors (Lipinski definition) is 2. The Morgan fingerprint density at radius 3 is 2.87 bits per heavy atom. The summed E-state index contributed by atoms with van der Waals surface area (Å²) in [7, 11) is 0. The van der Waals surface area contributed by atoms with Gasteiger partial charge >= 0.3 is 0 Å². The number of pyridine rings is 1. The van der Waals surface area contributed by atoms with Gasteiger partial charge in [0, 0.05) is 17.2 Å². The molecular weight excluding hydrogens is 254 g/mol. The smallest absolute Gasteiger partial charge is 0.149 e. The van der Waals surface area contributed by atoms with Crippen molar-refractivity contribution in [3.05, 3.63) is 16.7 Å². The van der Waals surface area contributed by atoms with Crippen LogP contribution in [0.2, 0.25) is 0 Å². The average molecular weight is 270 g/mol. The summed E-state index contributed by atoms with van der Waals surface area (Å²) >= 11 is 3.34. The lowest BCUT2D eigenvalue weighted by Gasteiger charge is -2.09. The molecule has 82 valence electrons. The number of rotatable bonds is 3. The second-order valence-electron chi connectivity index (χ2n) is 4.86. The summed E-state index contributed by atoms with van der Waals surface area (Å²) in [5.41, 5.74) is 7.03. The van der Waals surface area contributed by atoms with Crippen LogP contribution < -0.4 is 11.1 Å². The van der Waals surface area contributed by atoms with Gasteiger partial charge in [-0.05, 0) is 39.8 Å². The van der Waals surface area contributed by atoms with Crippen LogP contribution in [0.3, 0.4) is 0 Å². The molecule has 1 aliphatic carbocycles. The van der Waals surface area contributed by atoms with Gasteiger partial charge in [0.2, 0.25) is 0 Å². The molecule has 0 radical (unpaired) electrons. The number of nitrogen functional groups attached to an aromatic ring is 1. The van der Waals surface area contributed by atoms with Gasteiger partial charge in [-0.3, -0.25) is 0 Å². The van der Waals surface area contributed by atoms with Crippen molar-refractivity contribution in [1.82, 2.24) is 4.98 Å². The van der Waals surface area contributed by atoms with Gasteiger partial charge in [0.1, 0.15) is 5.82 Å². The average Bonchev–Trinajstić information content (AvgIpc) is 2.73. The first-order valence-corrected chi connectivity index (χ1v) is 5.93. The number of aromatic nitrogens is 1. The number of anilines is 2. The molecule has 1 aromatic rings. The molecule has 4 heteroatoms. The molecule has 0 amide bonds. The lowest BCUT2D eigenvalue weighted by Crippen LogP contribution is -2.10. The molecule has 2 rings (SSSR count). The minimum Gasteiger partial charge on any atom is -0.396 e. The van der Waals surface area contributed by atoms with Gasteiger partial charge < -0.3 is 11.1 Å². The van der Waals surface area contributed by atoms with Crippen LogP contribution >= 0.6 is 15.9 Å². The van der Waals surface area contributed by atoms with Crippen molar-refractivity contribution in [2.45, 2.75) is 20.3 Å². The minimum atomic E-state index is 0.497. The molecule has 1 fully saturated rings. The van der Waals surface area contributed by atoms with Crippen LogP contribution in [-0.4, -0.2) is 11.5 Å². The summed E-state index contributed by atoms with van der Waals surface area (Å²) in [6.07, 6.45) is 3.05. The monoisotopic (exact) mass is 269 g/mol. The summed E-state index contributed by atoms with van der Waals surface area (Å²) in [4.78, 5) is 4.24. The highest BCUT2D eigenvalue weighted by Crippen LogP contribution is 2.51. The van der Waals surface area contributed by atoms with E-state index in [-0.39, 0.29) is 0 Å². The van der Waals surface area contributed by atoms with Crippen LogP contribution in [0.25, 0.3) is 0 Å². The van der Waals surface area contributed by atoms with E-state index in [0.717, 1.165) is 22.8 Å². The third-order valence-corrected chi connectivity index (χ3v) is 3.55. The van der Waals surface area contributed by atoms with E-state index in [4.69, 9.17) is 5.73 Å². The first-order chi connectivity index (χ1) is 6.99. The fourth-order valence-corrected chi connectivity index (χ4v) is 2.10. The van der Waals surface area contributed by atoms with E-state index in [9.17, 15) is 0 Å². The van der Waals surface area contributed by atoms with E-state index in [1.165, 1.54) is 6.42 Å². The van der Waals surface area contributed by atoms with E-state index in [2.05, 4.69) is 40.1 Å². The van der Waals surface area contributed by atoms with Gasteiger partial charge in [0.15, 0.2) is 0 Å². The predicted molar refractivity (Wildman–Crippen MR) is 66.7 cm³/mol. The Bertz CT molecular complexity index is 376. The lowest BCUT2D eigenvalue weighted by atomic mass is 10.1. The predicted octanol–water partition coefficient (Wildman–Crippen LogP) is 2.88. The number of nitrogens with one attached hydrogen (secondary N) is 1. The van der Waals surface area contributed by atoms with Gasteiger partial charge in [-0.2, -0.15) is 0 Å². The Morgan fingerprint density at radius 1 is 1.67 bits per heavy atom. The van der Waals surface area contributed by atoms with Crippen LogP contribution in [0.4, 0.5) is 11.5 Å². The summed E-state index contributed by atoms with van der Waals surface area (Å²) in [5.74, 6) is 1.54. The maximum absolute atomic E-state index is 5.84. The van der Waals surface area contributed by atoms with Crippen molar-refractivity contribution in [3.8, 4) is 0 Å². The fourth-order valence-electron chi connectivity index (χ4n) is 1.75. The molecule has 1 saturated carbocycles. The van der Waals surface area contributed by atoms with E-state index in [1.54, 1.807) is 6.20 Å². The molecule has 1 aliphatic rings. The van der Waals surface area contributed by atoms with Crippen molar-refractivity contribution in [3.63, 3.8) is 0 Å². The molecule has 0 spiro atoms. The molecule has 1 unspecified atom stereocenters. The molecule has 1 aromatic heterocycles. The molecule has 0 aromatic carbocycles. The van der Waals surface area contributed by atoms with E-state index in [0.29, 0.717) is 11.1 Å². The van der Waals surface area contributed by atoms with Crippen molar-refractivity contribution >= 4 is 27.4 Å². The zero-order valence-corrected chi connectivity index (χ0v) is 10.6. The Balaban J connectivity index is 1.94. The normalized spacial score (nSPS) is 22.5. The van der Waals surface area contributed by atoms with Gasteiger partial charge in [0.05, 0.1) is 5.69 Å². The Kier molecular flexibility index (Phi) is 2.63. The maximum Gasteiger partial charge on any atom is 0.149 e.